The molecule has 154 valence electrons. The number of aromatic nitrogens is 4. The second-order valence-corrected chi connectivity index (χ2v) is 6.78. The SMILES string of the molecule is C=CCC(=O)NCc1cc(-c2cnc(C)nc2)cc2c(C(C)=O)nn(CC(=O)O)c12. The van der Waals surface area contributed by atoms with Crippen molar-refractivity contribution in [1.29, 1.82) is 0 Å². The van der Waals surface area contributed by atoms with Gasteiger partial charge in [-0.1, -0.05) is 6.08 Å². The van der Waals surface area contributed by atoms with Crippen LogP contribution in [0.25, 0.3) is 22.0 Å². The number of fused-ring (bicyclic) bond motifs is 1. The highest BCUT2D eigenvalue weighted by molar-refractivity contribution is 6.07. The molecule has 0 radical (unpaired) electrons. The van der Waals surface area contributed by atoms with Crippen LogP contribution in [-0.2, 0) is 22.7 Å². The number of nitrogens with zero attached hydrogens (tertiary/aromatic N) is 4. The summed E-state index contributed by atoms with van der Waals surface area (Å²) >= 11 is 0. The van der Waals surface area contributed by atoms with Gasteiger partial charge in [-0.3, -0.25) is 19.1 Å². The molecule has 0 saturated heterocycles. The standard InChI is InChI=1S/C21H21N5O4/c1-4-5-18(28)24-8-15-6-14(16-9-22-13(3)23-10-16)7-17-20(12(2)27)25-26(21(15)17)11-19(29)30/h4,6-7,9-10H,1,5,8,11H2,2-3H3,(H,24,28)(H,29,30). The van der Waals surface area contributed by atoms with Crippen LogP contribution in [0.15, 0.2) is 37.2 Å². The number of aryl methyl sites for hydroxylation is 1. The van der Waals surface area contributed by atoms with Crippen molar-refractivity contribution in [3.8, 4) is 11.1 Å². The minimum atomic E-state index is -1.09. The second-order valence-electron chi connectivity index (χ2n) is 6.78. The van der Waals surface area contributed by atoms with Gasteiger partial charge in [0, 0.05) is 43.2 Å². The zero-order valence-corrected chi connectivity index (χ0v) is 16.7. The topological polar surface area (TPSA) is 127 Å². The predicted octanol–water partition coefficient (Wildman–Crippen LogP) is 2.28. The Bertz CT molecular complexity index is 1150. The summed E-state index contributed by atoms with van der Waals surface area (Å²) in [6.07, 6.45) is 4.98. The maximum atomic E-state index is 12.2. The summed E-state index contributed by atoms with van der Waals surface area (Å²) in [4.78, 5) is 43.9. The molecule has 0 atom stereocenters. The van der Waals surface area contributed by atoms with Crippen LogP contribution in [0.4, 0.5) is 0 Å². The van der Waals surface area contributed by atoms with Gasteiger partial charge in [0.05, 0.1) is 5.52 Å². The molecule has 2 aromatic heterocycles. The van der Waals surface area contributed by atoms with Crippen molar-refractivity contribution in [2.24, 2.45) is 0 Å². The van der Waals surface area contributed by atoms with Crippen molar-refractivity contribution >= 4 is 28.6 Å². The van der Waals surface area contributed by atoms with Crippen LogP contribution >= 0.6 is 0 Å². The molecule has 1 amide bonds. The zero-order chi connectivity index (χ0) is 21.8. The number of amides is 1. The first-order valence-electron chi connectivity index (χ1n) is 9.23. The lowest BCUT2D eigenvalue weighted by molar-refractivity contribution is -0.137. The molecular weight excluding hydrogens is 386 g/mol. The Hall–Kier alpha value is -3.88. The highest BCUT2D eigenvalue weighted by Crippen LogP contribution is 2.30. The molecule has 0 aliphatic carbocycles. The number of ketones is 1. The van der Waals surface area contributed by atoms with Gasteiger partial charge in [0.15, 0.2) is 5.78 Å². The van der Waals surface area contributed by atoms with Crippen LogP contribution in [0.2, 0.25) is 0 Å². The number of carboxylic acid groups (broad SMARTS) is 1. The lowest BCUT2D eigenvalue weighted by atomic mass is 10.00. The van der Waals surface area contributed by atoms with Crippen LogP contribution in [0.3, 0.4) is 0 Å². The average molecular weight is 407 g/mol. The maximum absolute atomic E-state index is 12.2. The molecule has 2 N–H and O–H groups in total. The summed E-state index contributed by atoms with van der Waals surface area (Å²) in [6, 6.07) is 3.58. The third-order valence-electron chi connectivity index (χ3n) is 4.46. The maximum Gasteiger partial charge on any atom is 0.325 e. The fraction of sp³-hybridized carbons (Fsp3) is 0.238. The largest absolute Gasteiger partial charge is 0.480 e. The molecule has 9 heteroatoms. The van der Waals surface area contributed by atoms with E-state index in [2.05, 4.69) is 27.0 Å². The van der Waals surface area contributed by atoms with Crippen molar-refractivity contribution in [3.63, 3.8) is 0 Å². The van der Waals surface area contributed by atoms with E-state index in [1.807, 2.05) is 6.07 Å². The molecule has 0 spiro atoms. The number of carbonyl (C=O) groups excluding carboxylic acids is 2. The molecule has 3 rings (SSSR count). The normalized spacial score (nSPS) is 10.7. The van der Waals surface area contributed by atoms with E-state index in [9.17, 15) is 19.5 Å². The third kappa shape index (κ3) is 4.40. The lowest BCUT2D eigenvalue weighted by Crippen LogP contribution is -2.22. The summed E-state index contributed by atoms with van der Waals surface area (Å²) in [6.45, 7) is 6.41. The summed E-state index contributed by atoms with van der Waals surface area (Å²) in [5.41, 5.74) is 2.73. The van der Waals surface area contributed by atoms with E-state index in [0.29, 0.717) is 22.3 Å². The molecule has 9 nitrogen and oxygen atoms in total. The van der Waals surface area contributed by atoms with Crippen molar-refractivity contribution < 1.29 is 19.5 Å². The van der Waals surface area contributed by atoms with E-state index in [4.69, 9.17) is 0 Å². The first-order valence-corrected chi connectivity index (χ1v) is 9.23. The van der Waals surface area contributed by atoms with Gasteiger partial charge in [0.2, 0.25) is 5.91 Å². The fourth-order valence-corrected chi connectivity index (χ4v) is 3.15. The number of Topliss-reactive ketones (excluding diaryl/α,β-unsaturated/α-hetero) is 1. The quantitative estimate of drug-likeness (QED) is 0.433. The molecule has 1 aromatic carbocycles. The highest BCUT2D eigenvalue weighted by atomic mass is 16.4. The van der Waals surface area contributed by atoms with Crippen molar-refractivity contribution in [2.45, 2.75) is 33.4 Å². The van der Waals surface area contributed by atoms with Gasteiger partial charge >= 0.3 is 5.97 Å². The average Bonchev–Trinajstić information content (AvgIpc) is 3.05. The number of benzene rings is 1. The minimum Gasteiger partial charge on any atom is -0.480 e. The fourth-order valence-electron chi connectivity index (χ4n) is 3.15. The number of nitrogens with one attached hydrogen (secondary N) is 1. The van der Waals surface area contributed by atoms with Gasteiger partial charge in [-0.2, -0.15) is 5.10 Å². The van der Waals surface area contributed by atoms with Gasteiger partial charge in [0.1, 0.15) is 18.1 Å². The molecule has 0 fully saturated rings. The Morgan fingerprint density at radius 1 is 1.20 bits per heavy atom. The van der Waals surface area contributed by atoms with E-state index >= 15 is 0 Å². The Kier molecular flexibility index (Phi) is 6.01. The lowest BCUT2D eigenvalue weighted by Gasteiger charge is -2.11. The summed E-state index contributed by atoms with van der Waals surface area (Å²) in [5.74, 6) is -0.982. The summed E-state index contributed by atoms with van der Waals surface area (Å²) in [5, 5.41) is 16.8. The first-order chi connectivity index (χ1) is 14.3. The molecule has 2 heterocycles. The number of hydrogen-bond acceptors (Lipinski definition) is 6. The van der Waals surface area contributed by atoms with E-state index in [1.165, 1.54) is 17.7 Å². The van der Waals surface area contributed by atoms with E-state index in [-0.39, 0.29) is 30.3 Å². The van der Waals surface area contributed by atoms with Crippen LogP contribution in [0, 0.1) is 6.92 Å². The number of carboxylic acids is 1. The van der Waals surface area contributed by atoms with Gasteiger partial charge < -0.3 is 10.4 Å². The molecule has 0 aliphatic heterocycles. The molecule has 0 bridgehead atoms. The highest BCUT2D eigenvalue weighted by Gasteiger charge is 2.20. The predicted molar refractivity (Wildman–Crippen MR) is 110 cm³/mol. The molecule has 30 heavy (non-hydrogen) atoms. The number of carbonyl (C=O) groups is 3. The summed E-state index contributed by atoms with van der Waals surface area (Å²) in [7, 11) is 0. The third-order valence-corrected chi connectivity index (χ3v) is 4.46. The monoisotopic (exact) mass is 407 g/mol. The molecule has 0 saturated carbocycles. The van der Waals surface area contributed by atoms with Crippen LogP contribution in [0.5, 0.6) is 0 Å². The Morgan fingerprint density at radius 3 is 2.50 bits per heavy atom. The zero-order valence-electron chi connectivity index (χ0n) is 16.7. The molecule has 0 unspecified atom stereocenters. The van der Waals surface area contributed by atoms with Crippen molar-refractivity contribution in [2.75, 3.05) is 0 Å². The Balaban J connectivity index is 2.22. The van der Waals surface area contributed by atoms with Gasteiger partial charge in [-0.25, -0.2) is 9.97 Å². The number of hydrogen-bond donors (Lipinski definition) is 2. The van der Waals surface area contributed by atoms with Gasteiger partial charge in [-0.05, 0) is 30.2 Å². The Labute approximate surface area is 172 Å². The van der Waals surface area contributed by atoms with Crippen LogP contribution < -0.4 is 5.32 Å². The molecular formula is C21H21N5O4. The molecule has 3 aromatic rings. The second kappa shape index (κ2) is 8.64. The van der Waals surface area contributed by atoms with Gasteiger partial charge in [-0.15, -0.1) is 6.58 Å². The number of rotatable bonds is 8. The van der Waals surface area contributed by atoms with Crippen LogP contribution in [0.1, 0.15) is 35.2 Å². The minimum absolute atomic E-state index is 0.131. The van der Waals surface area contributed by atoms with Crippen LogP contribution in [-0.4, -0.2) is 42.5 Å². The van der Waals surface area contributed by atoms with E-state index in [0.717, 1.165) is 11.1 Å². The first kappa shape index (κ1) is 20.8. The van der Waals surface area contributed by atoms with Crippen molar-refractivity contribution in [3.05, 3.63) is 54.3 Å². The van der Waals surface area contributed by atoms with Gasteiger partial charge in [0.25, 0.3) is 0 Å². The van der Waals surface area contributed by atoms with E-state index in [1.54, 1.807) is 25.4 Å². The summed E-state index contributed by atoms with van der Waals surface area (Å²) < 4.78 is 1.28. The smallest absolute Gasteiger partial charge is 0.325 e. The Morgan fingerprint density at radius 2 is 1.90 bits per heavy atom. The van der Waals surface area contributed by atoms with Crippen molar-refractivity contribution in [1.82, 2.24) is 25.1 Å². The molecule has 0 aliphatic rings. The number of aliphatic carboxylic acids is 1. The van der Waals surface area contributed by atoms with E-state index < -0.39 is 12.5 Å².